The molecule has 1 heterocycles. The van der Waals surface area contributed by atoms with E-state index in [4.69, 9.17) is 4.18 Å². The Labute approximate surface area is 107 Å². The smallest absolute Gasteiger partial charge is 0.300 e. The van der Waals surface area contributed by atoms with Gasteiger partial charge >= 0.3 is 0 Å². The van der Waals surface area contributed by atoms with Crippen molar-refractivity contribution in [1.29, 1.82) is 0 Å². The van der Waals surface area contributed by atoms with E-state index in [-0.39, 0.29) is 4.90 Å². The molecule has 0 N–H and O–H groups in total. The van der Waals surface area contributed by atoms with Crippen LogP contribution in [0, 0.1) is 6.92 Å². The van der Waals surface area contributed by atoms with Crippen LogP contribution < -0.4 is 0 Å². The zero-order valence-corrected chi connectivity index (χ0v) is 11.4. The van der Waals surface area contributed by atoms with Crippen LogP contribution >= 0.6 is 0 Å². The van der Waals surface area contributed by atoms with Crippen LogP contribution in [0.5, 0.6) is 0 Å². The second-order valence-corrected chi connectivity index (χ2v) is 5.89. The quantitative estimate of drug-likeness (QED) is 0.774. The van der Waals surface area contributed by atoms with Crippen molar-refractivity contribution in [2.24, 2.45) is 0 Å². The zero-order chi connectivity index (χ0) is 13.3. The summed E-state index contributed by atoms with van der Waals surface area (Å²) in [4.78, 5) is 3.54. The minimum Gasteiger partial charge on any atom is -0.336 e. The molecule has 98 valence electrons. The molecule has 1 aromatic rings. The van der Waals surface area contributed by atoms with E-state index in [1.165, 1.54) is 0 Å². The van der Waals surface area contributed by atoms with Gasteiger partial charge in [-0.15, -0.1) is 0 Å². The van der Waals surface area contributed by atoms with Crippen LogP contribution in [0.2, 0.25) is 0 Å². The van der Waals surface area contributed by atoms with Gasteiger partial charge in [0.2, 0.25) is 6.35 Å². The summed E-state index contributed by atoms with van der Waals surface area (Å²) in [5.74, 6) is 0. The topological polar surface area (TPSA) is 49.9 Å². The lowest BCUT2D eigenvalue weighted by Crippen LogP contribution is -2.38. The summed E-state index contributed by atoms with van der Waals surface area (Å²) in [7, 11) is -0.231. The van der Waals surface area contributed by atoms with Crippen LogP contribution in [-0.4, -0.2) is 38.7 Å². The summed E-state index contributed by atoms with van der Waals surface area (Å²) in [5, 5.41) is 0. The molecule has 0 aromatic heterocycles. The first kappa shape index (κ1) is 12.9. The van der Waals surface area contributed by atoms with Crippen LogP contribution in [0.4, 0.5) is 0 Å². The lowest BCUT2D eigenvalue weighted by atomic mass is 10.2. The molecule has 1 aliphatic rings. The second kappa shape index (κ2) is 4.62. The number of aryl methyl sites for hydroxylation is 1. The highest BCUT2D eigenvalue weighted by atomic mass is 32.2. The van der Waals surface area contributed by atoms with Gasteiger partial charge in [-0.3, -0.25) is 0 Å². The summed E-state index contributed by atoms with van der Waals surface area (Å²) >= 11 is 0. The molecule has 0 aliphatic carbocycles. The fraction of sp³-hybridized carbons (Fsp3) is 0.333. The molecule has 0 bridgehead atoms. The van der Waals surface area contributed by atoms with Crippen LogP contribution in [0.15, 0.2) is 41.6 Å². The van der Waals surface area contributed by atoms with Crippen LogP contribution in [0.3, 0.4) is 0 Å². The lowest BCUT2D eigenvalue weighted by Gasteiger charge is -2.26. The van der Waals surface area contributed by atoms with E-state index in [2.05, 4.69) is 0 Å². The molecule has 5 nitrogen and oxygen atoms in total. The second-order valence-electron chi connectivity index (χ2n) is 4.32. The highest BCUT2D eigenvalue weighted by Gasteiger charge is 2.28. The van der Waals surface area contributed by atoms with Gasteiger partial charge < -0.3 is 9.80 Å². The average molecular weight is 268 g/mol. The third-order valence-electron chi connectivity index (χ3n) is 2.76. The number of benzene rings is 1. The normalized spacial score (nSPS) is 16.6. The molecule has 0 unspecified atom stereocenters. The molecule has 0 fully saturated rings. The van der Waals surface area contributed by atoms with E-state index in [0.29, 0.717) is 0 Å². The molecule has 1 aliphatic heterocycles. The van der Waals surface area contributed by atoms with Crippen LogP contribution in [-0.2, 0) is 14.3 Å². The minimum atomic E-state index is -3.75. The van der Waals surface area contributed by atoms with Crippen molar-refractivity contribution in [3.8, 4) is 0 Å². The van der Waals surface area contributed by atoms with Gasteiger partial charge in [0, 0.05) is 26.5 Å². The van der Waals surface area contributed by atoms with E-state index in [1.807, 2.05) is 6.92 Å². The Morgan fingerprint density at radius 1 is 1.06 bits per heavy atom. The molecular weight excluding hydrogens is 252 g/mol. The van der Waals surface area contributed by atoms with E-state index in [1.54, 1.807) is 60.6 Å². The highest BCUT2D eigenvalue weighted by molar-refractivity contribution is 7.86. The molecule has 0 saturated heterocycles. The van der Waals surface area contributed by atoms with Gasteiger partial charge in [-0.05, 0) is 19.1 Å². The number of nitrogens with zero attached hydrogens (tertiary/aromatic N) is 2. The van der Waals surface area contributed by atoms with Crippen molar-refractivity contribution in [3.05, 3.63) is 42.2 Å². The Morgan fingerprint density at radius 3 is 2.06 bits per heavy atom. The number of rotatable bonds is 3. The largest absolute Gasteiger partial charge is 0.336 e. The van der Waals surface area contributed by atoms with E-state index >= 15 is 0 Å². The van der Waals surface area contributed by atoms with E-state index in [0.717, 1.165) is 5.56 Å². The number of hydrogen-bond donors (Lipinski definition) is 0. The van der Waals surface area contributed by atoms with Gasteiger partial charge in [0.05, 0.1) is 4.90 Å². The van der Waals surface area contributed by atoms with Crippen molar-refractivity contribution < 1.29 is 12.6 Å². The highest BCUT2D eigenvalue weighted by Crippen LogP contribution is 2.20. The average Bonchev–Trinajstić information content (AvgIpc) is 2.61. The van der Waals surface area contributed by atoms with Crippen molar-refractivity contribution in [1.82, 2.24) is 9.80 Å². The third kappa shape index (κ3) is 2.49. The Morgan fingerprint density at radius 2 is 1.56 bits per heavy atom. The SMILES string of the molecule is Cc1ccc(S(=O)(=O)OC2N(C)C=CN2C)cc1. The summed E-state index contributed by atoms with van der Waals surface area (Å²) in [5.41, 5.74) is 1.01. The lowest BCUT2D eigenvalue weighted by molar-refractivity contribution is 0.00494. The van der Waals surface area contributed by atoms with Crippen LogP contribution in [0.1, 0.15) is 5.56 Å². The monoisotopic (exact) mass is 268 g/mol. The van der Waals surface area contributed by atoms with Gasteiger partial charge in [0.25, 0.3) is 10.1 Å². The van der Waals surface area contributed by atoms with E-state index in [9.17, 15) is 8.42 Å². The Balaban J connectivity index is 2.20. The Kier molecular flexibility index (Phi) is 3.32. The first-order valence-corrected chi connectivity index (χ1v) is 6.93. The van der Waals surface area contributed by atoms with E-state index < -0.39 is 16.5 Å². The predicted molar refractivity (Wildman–Crippen MR) is 67.9 cm³/mol. The minimum absolute atomic E-state index is 0.168. The molecule has 6 heteroatoms. The van der Waals surface area contributed by atoms with Gasteiger partial charge in [-0.1, -0.05) is 17.7 Å². The summed E-state index contributed by atoms with van der Waals surface area (Å²) in [6, 6.07) is 6.59. The number of hydrogen-bond acceptors (Lipinski definition) is 5. The van der Waals surface area contributed by atoms with Crippen molar-refractivity contribution >= 4 is 10.1 Å². The maximum absolute atomic E-state index is 12.1. The van der Waals surface area contributed by atoms with Gasteiger partial charge in [-0.2, -0.15) is 8.42 Å². The molecule has 1 aromatic carbocycles. The zero-order valence-electron chi connectivity index (χ0n) is 10.6. The molecule has 0 atom stereocenters. The molecule has 0 radical (unpaired) electrons. The van der Waals surface area contributed by atoms with Gasteiger partial charge in [-0.25, -0.2) is 4.18 Å². The summed E-state index contributed by atoms with van der Waals surface area (Å²) < 4.78 is 29.4. The molecule has 18 heavy (non-hydrogen) atoms. The molecule has 2 rings (SSSR count). The van der Waals surface area contributed by atoms with Crippen molar-refractivity contribution in [3.63, 3.8) is 0 Å². The summed E-state index contributed by atoms with van der Waals surface area (Å²) in [6.45, 7) is 1.90. The van der Waals surface area contributed by atoms with Crippen molar-refractivity contribution in [2.45, 2.75) is 18.2 Å². The maximum Gasteiger partial charge on any atom is 0.300 e. The van der Waals surface area contributed by atoms with Gasteiger partial charge in [0.15, 0.2) is 0 Å². The molecule has 0 saturated carbocycles. The van der Waals surface area contributed by atoms with Crippen molar-refractivity contribution in [2.75, 3.05) is 14.1 Å². The first-order valence-electron chi connectivity index (χ1n) is 5.52. The Hall–Kier alpha value is -1.53. The predicted octanol–water partition coefficient (Wildman–Crippen LogP) is 1.33. The fourth-order valence-electron chi connectivity index (χ4n) is 1.65. The third-order valence-corrected chi connectivity index (χ3v) is 4.03. The fourth-order valence-corrected chi connectivity index (χ4v) is 2.73. The molecular formula is C12H16N2O3S. The van der Waals surface area contributed by atoms with Crippen LogP contribution in [0.25, 0.3) is 0 Å². The summed E-state index contributed by atoms with van der Waals surface area (Å²) in [6.07, 6.45) is 2.89. The standard InChI is InChI=1S/C12H16N2O3S/c1-10-4-6-11(7-5-10)18(15,16)17-12-13(2)8-9-14(12)3/h4-9,12H,1-3H3. The first-order chi connectivity index (χ1) is 8.40. The molecule has 0 spiro atoms. The molecule has 0 amide bonds. The van der Waals surface area contributed by atoms with Gasteiger partial charge in [0.1, 0.15) is 0 Å². The Bertz CT molecular complexity index is 539. The maximum atomic E-state index is 12.1.